The third-order valence-electron chi connectivity index (χ3n) is 3.97. The van der Waals surface area contributed by atoms with E-state index in [-0.39, 0.29) is 31.3 Å². The Balaban J connectivity index is 1.99. The maximum atomic E-state index is 13.0. The van der Waals surface area contributed by atoms with E-state index in [1.165, 1.54) is 23.5 Å². The van der Waals surface area contributed by atoms with Crippen molar-refractivity contribution in [3.63, 3.8) is 0 Å². The van der Waals surface area contributed by atoms with Crippen molar-refractivity contribution < 1.29 is 23.5 Å². The molecule has 1 heterocycles. The first-order chi connectivity index (χ1) is 13.5. The minimum atomic E-state index is -0.412. The highest BCUT2D eigenvalue weighted by molar-refractivity contribution is 7.16. The molecule has 0 N–H and O–H groups in total. The van der Waals surface area contributed by atoms with Gasteiger partial charge in [0.15, 0.2) is 4.80 Å². The smallest absolute Gasteiger partial charge is 0.326 e. The van der Waals surface area contributed by atoms with Crippen molar-refractivity contribution in [3.8, 4) is 5.75 Å². The Kier molecular flexibility index (Phi) is 6.20. The molecular weight excluding hydrogens is 383 g/mol. The number of benzene rings is 2. The van der Waals surface area contributed by atoms with Crippen LogP contribution in [0, 0.1) is 5.82 Å². The lowest BCUT2D eigenvalue weighted by molar-refractivity contribution is -0.143. The van der Waals surface area contributed by atoms with Gasteiger partial charge in [-0.15, -0.1) is 0 Å². The summed E-state index contributed by atoms with van der Waals surface area (Å²) in [6.45, 7) is 1.95. The summed E-state index contributed by atoms with van der Waals surface area (Å²) in [5.41, 5.74) is 1.42. The van der Waals surface area contributed by atoms with E-state index in [1.54, 1.807) is 36.8 Å². The predicted molar refractivity (Wildman–Crippen MR) is 104 cm³/mol. The highest BCUT2D eigenvalue weighted by Crippen LogP contribution is 2.23. The van der Waals surface area contributed by atoms with Crippen LogP contribution in [0.25, 0.3) is 10.2 Å². The summed E-state index contributed by atoms with van der Waals surface area (Å²) >= 11 is 1.28. The van der Waals surface area contributed by atoms with Crippen molar-refractivity contribution >= 4 is 33.4 Å². The zero-order valence-electron chi connectivity index (χ0n) is 15.5. The second-order valence-electron chi connectivity index (χ2n) is 5.92. The van der Waals surface area contributed by atoms with Gasteiger partial charge in [0.25, 0.3) is 5.91 Å². The molecule has 1 aromatic heterocycles. The highest BCUT2D eigenvalue weighted by Gasteiger charge is 2.13. The Labute approximate surface area is 164 Å². The van der Waals surface area contributed by atoms with Gasteiger partial charge in [0.2, 0.25) is 0 Å². The Morgan fingerprint density at radius 2 is 1.93 bits per heavy atom. The van der Waals surface area contributed by atoms with E-state index < -0.39 is 5.97 Å². The van der Waals surface area contributed by atoms with Gasteiger partial charge in [-0.3, -0.25) is 9.59 Å². The fourth-order valence-electron chi connectivity index (χ4n) is 2.68. The van der Waals surface area contributed by atoms with Crippen LogP contribution in [0.15, 0.2) is 47.5 Å². The number of thiazole rings is 1. The van der Waals surface area contributed by atoms with Gasteiger partial charge >= 0.3 is 5.97 Å². The average Bonchev–Trinajstić information content (AvgIpc) is 2.99. The predicted octanol–water partition coefficient (Wildman–Crippen LogP) is 3.08. The monoisotopic (exact) mass is 402 g/mol. The molecular formula is C20H19FN2O4S. The van der Waals surface area contributed by atoms with Crippen LogP contribution in [0.2, 0.25) is 0 Å². The molecule has 6 nitrogen and oxygen atoms in total. The second kappa shape index (κ2) is 8.79. The van der Waals surface area contributed by atoms with Gasteiger partial charge < -0.3 is 14.0 Å². The SMILES string of the molecule is CCOC(=O)Cn1c(=NC(=O)Cc2ccc(F)cc2)sc2cc(OC)ccc21. The first-order valence-corrected chi connectivity index (χ1v) is 9.46. The summed E-state index contributed by atoms with van der Waals surface area (Å²) in [5.74, 6) is -0.492. The van der Waals surface area contributed by atoms with Crippen LogP contribution < -0.4 is 9.54 Å². The first-order valence-electron chi connectivity index (χ1n) is 8.65. The molecule has 0 saturated carbocycles. The highest BCUT2D eigenvalue weighted by atomic mass is 32.1. The number of ether oxygens (including phenoxy) is 2. The van der Waals surface area contributed by atoms with Crippen LogP contribution in [0.3, 0.4) is 0 Å². The molecule has 2 aromatic carbocycles. The van der Waals surface area contributed by atoms with Crippen LogP contribution >= 0.6 is 11.3 Å². The number of hydrogen-bond donors (Lipinski definition) is 0. The van der Waals surface area contributed by atoms with E-state index in [9.17, 15) is 14.0 Å². The van der Waals surface area contributed by atoms with Crippen molar-refractivity contribution in [1.82, 2.24) is 4.57 Å². The summed E-state index contributed by atoms with van der Waals surface area (Å²) in [4.78, 5) is 29.0. The number of amides is 1. The minimum Gasteiger partial charge on any atom is -0.497 e. The molecule has 28 heavy (non-hydrogen) atoms. The molecule has 0 spiro atoms. The molecule has 146 valence electrons. The van der Waals surface area contributed by atoms with Crippen LogP contribution in [-0.4, -0.2) is 30.2 Å². The van der Waals surface area contributed by atoms with Gasteiger partial charge in [0.1, 0.15) is 18.1 Å². The molecule has 0 aliphatic carbocycles. The number of rotatable bonds is 6. The van der Waals surface area contributed by atoms with Gasteiger partial charge in [-0.25, -0.2) is 4.39 Å². The fourth-order valence-corrected chi connectivity index (χ4v) is 3.75. The zero-order chi connectivity index (χ0) is 20.1. The lowest BCUT2D eigenvalue weighted by atomic mass is 10.1. The van der Waals surface area contributed by atoms with Crippen LogP contribution in [0.5, 0.6) is 5.75 Å². The normalized spacial score (nSPS) is 11.6. The van der Waals surface area contributed by atoms with E-state index in [0.29, 0.717) is 16.1 Å². The third kappa shape index (κ3) is 4.64. The third-order valence-corrected chi connectivity index (χ3v) is 5.01. The minimum absolute atomic E-state index is 0.0389. The molecule has 0 atom stereocenters. The Hall–Kier alpha value is -3.00. The number of carbonyl (C=O) groups is 2. The molecule has 0 unspecified atom stereocenters. The first kappa shape index (κ1) is 19.8. The number of aromatic nitrogens is 1. The van der Waals surface area contributed by atoms with E-state index in [1.807, 2.05) is 12.1 Å². The van der Waals surface area contributed by atoms with Crippen molar-refractivity contribution in [3.05, 3.63) is 58.6 Å². The lowest BCUT2D eigenvalue weighted by Gasteiger charge is -2.05. The molecule has 0 aliphatic rings. The van der Waals surface area contributed by atoms with Crippen molar-refractivity contribution in [1.29, 1.82) is 0 Å². The number of nitrogens with zero attached hydrogens (tertiary/aromatic N) is 2. The van der Waals surface area contributed by atoms with Crippen molar-refractivity contribution in [2.45, 2.75) is 19.9 Å². The molecule has 1 amide bonds. The average molecular weight is 402 g/mol. The van der Waals surface area contributed by atoms with Gasteiger partial charge in [0.05, 0.1) is 30.4 Å². The zero-order valence-corrected chi connectivity index (χ0v) is 16.3. The Morgan fingerprint density at radius 3 is 2.61 bits per heavy atom. The number of methoxy groups -OCH3 is 1. The molecule has 0 bridgehead atoms. The maximum Gasteiger partial charge on any atom is 0.326 e. The molecule has 0 aliphatic heterocycles. The maximum absolute atomic E-state index is 13.0. The molecule has 3 rings (SSSR count). The number of fused-ring (bicyclic) bond motifs is 1. The molecule has 0 saturated heterocycles. The molecule has 3 aromatic rings. The lowest BCUT2D eigenvalue weighted by Crippen LogP contribution is -2.23. The summed E-state index contributed by atoms with van der Waals surface area (Å²) in [6.07, 6.45) is 0.0389. The van der Waals surface area contributed by atoms with Crippen LogP contribution in [-0.2, 0) is 27.3 Å². The van der Waals surface area contributed by atoms with E-state index in [0.717, 1.165) is 10.2 Å². The number of carbonyl (C=O) groups excluding carboxylic acids is 2. The van der Waals surface area contributed by atoms with Gasteiger partial charge in [-0.1, -0.05) is 23.5 Å². The summed E-state index contributed by atoms with van der Waals surface area (Å²) in [6, 6.07) is 11.1. The second-order valence-corrected chi connectivity index (χ2v) is 6.93. The Morgan fingerprint density at radius 1 is 1.18 bits per heavy atom. The molecule has 0 radical (unpaired) electrons. The van der Waals surface area contributed by atoms with Crippen molar-refractivity contribution in [2.24, 2.45) is 4.99 Å². The molecule has 0 fully saturated rings. The number of halogens is 1. The van der Waals surface area contributed by atoms with E-state index in [4.69, 9.17) is 9.47 Å². The van der Waals surface area contributed by atoms with Gasteiger partial charge in [-0.05, 0) is 42.8 Å². The molecule has 8 heteroatoms. The van der Waals surface area contributed by atoms with Crippen molar-refractivity contribution in [2.75, 3.05) is 13.7 Å². The van der Waals surface area contributed by atoms with Gasteiger partial charge in [-0.2, -0.15) is 4.99 Å². The fraction of sp³-hybridized carbons (Fsp3) is 0.250. The number of hydrogen-bond acceptors (Lipinski definition) is 5. The Bertz CT molecular complexity index is 1070. The van der Waals surface area contributed by atoms with E-state index in [2.05, 4.69) is 4.99 Å². The number of esters is 1. The summed E-state index contributed by atoms with van der Waals surface area (Å²) in [5, 5.41) is 0. The summed E-state index contributed by atoms with van der Waals surface area (Å²) < 4.78 is 25.8. The summed E-state index contributed by atoms with van der Waals surface area (Å²) in [7, 11) is 1.57. The standard InChI is InChI=1S/C20H19FN2O4S/c1-3-27-19(25)12-23-16-9-8-15(26-2)11-17(16)28-20(23)22-18(24)10-13-4-6-14(21)7-5-13/h4-9,11H,3,10,12H2,1-2H3. The van der Waals surface area contributed by atoms with E-state index >= 15 is 0 Å². The van der Waals surface area contributed by atoms with Crippen LogP contribution in [0.1, 0.15) is 12.5 Å². The topological polar surface area (TPSA) is 69.9 Å². The quantitative estimate of drug-likeness (QED) is 0.594. The van der Waals surface area contributed by atoms with Crippen LogP contribution in [0.4, 0.5) is 4.39 Å². The largest absolute Gasteiger partial charge is 0.497 e. The van der Waals surface area contributed by atoms with Gasteiger partial charge in [0, 0.05) is 0 Å².